The Morgan fingerprint density at radius 2 is 1.92 bits per heavy atom. The number of carbonyl (C=O) groups excluding carboxylic acids is 1. The summed E-state index contributed by atoms with van der Waals surface area (Å²) in [6, 6.07) is 17.7. The van der Waals surface area contributed by atoms with Gasteiger partial charge in [-0.25, -0.2) is 4.79 Å². The Kier molecular flexibility index (Phi) is 5.35. The Morgan fingerprint density at radius 1 is 1.23 bits per heavy atom. The number of nitrogens with zero attached hydrogens (tertiary/aromatic N) is 2. The van der Waals surface area contributed by atoms with Crippen molar-refractivity contribution in [3.63, 3.8) is 0 Å². The number of rotatable bonds is 4. The molecular formula is C21H21N3O2. The number of aliphatic hydroxyl groups excluding tert-OH is 1. The molecule has 2 amide bonds. The number of nitriles is 1. The standard InChI is InChI=1S/C21H21N3O2/c1-2-8-15-9-6-7-12-17(15)20-18(13-22)24(19(20)14-25)21(26)23-16-10-4-3-5-11-16/h2-12,18-20,25H,14H2,1H3,(H,23,26)/b8-2+/t18-,19+,20+/m0/s1. The van der Waals surface area contributed by atoms with E-state index in [0.29, 0.717) is 5.69 Å². The highest BCUT2D eigenvalue weighted by Gasteiger charge is 2.52. The van der Waals surface area contributed by atoms with Gasteiger partial charge in [0, 0.05) is 11.6 Å². The Morgan fingerprint density at radius 3 is 2.58 bits per heavy atom. The van der Waals surface area contributed by atoms with Crippen LogP contribution in [0.2, 0.25) is 0 Å². The normalized spacial score (nSPS) is 21.9. The van der Waals surface area contributed by atoms with Gasteiger partial charge in [0.05, 0.1) is 18.7 Å². The highest BCUT2D eigenvalue weighted by Crippen LogP contribution is 2.42. The molecule has 2 N–H and O–H groups in total. The summed E-state index contributed by atoms with van der Waals surface area (Å²) in [5.41, 5.74) is 2.63. The molecule has 0 saturated carbocycles. The van der Waals surface area contributed by atoms with Gasteiger partial charge in [-0.2, -0.15) is 5.26 Å². The summed E-state index contributed by atoms with van der Waals surface area (Å²) < 4.78 is 0. The Balaban J connectivity index is 1.87. The van der Waals surface area contributed by atoms with Crippen LogP contribution in [0.5, 0.6) is 0 Å². The number of para-hydroxylation sites is 1. The molecule has 1 fully saturated rings. The van der Waals surface area contributed by atoms with E-state index in [9.17, 15) is 15.2 Å². The maximum Gasteiger partial charge on any atom is 0.323 e. The summed E-state index contributed by atoms with van der Waals surface area (Å²) in [4.78, 5) is 14.1. The van der Waals surface area contributed by atoms with Crippen LogP contribution in [0, 0.1) is 11.3 Å². The number of amides is 2. The van der Waals surface area contributed by atoms with Crippen molar-refractivity contribution in [2.24, 2.45) is 0 Å². The van der Waals surface area contributed by atoms with Crippen molar-refractivity contribution in [2.75, 3.05) is 11.9 Å². The smallest absolute Gasteiger partial charge is 0.323 e. The van der Waals surface area contributed by atoms with Crippen molar-refractivity contribution >= 4 is 17.8 Å². The number of likely N-dealkylation sites (tertiary alicyclic amines) is 1. The zero-order chi connectivity index (χ0) is 18.5. The van der Waals surface area contributed by atoms with Gasteiger partial charge in [0.2, 0.25) is 0 Å². The lowest BCUT2D eigenvalue weighted by Crippen LogP contribution is -2.66. The van der Waals surface area contributed by atoms with Crippen molar-refractivity contribution < 1.29 is 9.90 Å². The SMILES string of the molecule is C/C=C/c1ccccc1[C@H]1[C@@H](CO)N(C(=O)Nc2ccccc2)[C@H]1C#N. The van der Waals surface area contributed by atoms with Gasteiger partial charge in [-0.05, 0) is 30.2 Å². The molecule has 0 aromatic heterocycles. The predicted octanol–water partition coefficient (Wildman–Crippen LogP) is 3.60. The largest absolute Gasteiger partial charge is 0.394 e. The first kappa shape index (κ1) is 17.7. The fraction of sp³-hybridized carbons (Fsp3) is 0.238. The van der Waals surface area contributed by atoms with Gasteiger partial charge in [0.1, 0.15) is 6.04 Å². The summed E-state index contributed by atoms with van der Waals surface area (Å²) in [5, 5.41) is 22.3. The number of nitrogens with one attached hydrogen (secondary N) is 1. The Labute approximate surface area is 153 Å². The van der Waals surface area contributed by atoms with E-state index in [2.05, 4.69) is 11.4 Å². The van der Waals surface area contributed by atoms with Crippen LogP contribution in [-0.2, 0) is 0 Å². The molecule has 0 aliphatic carbocycles. The van der Waals surface area contributed by atoms with Crippen LogP contribution in [0.3, 0.4) is 0 Å². The minimum atomic E-state index is -0.623. The van der Waals surface area contributed by atoms with Crippen LogP contribution in [-0.4, -0.2) is 34.7 Å². The van der Waals surface area contributed by atoms with Crippen LogP contribution in [0.15, 0.2) is 60.7 Å². The zero-order valence-corrected chi connectivity index (χ0v) is 14.5. The van der Waals surface area contributed by atoms with Crippen LogP contribution in [0.4, 0.5) is 10.5 Å². The molecule has 2 aromatic carbocycles. The molecule has 0 bridgehead atoms. The quantitative estimate of drug-likeness (QED) is 0.887. The number of aliphatic hydroxyl groups is 1. The lowest BCUT2D eigenvalue weighted by Gasteiger charge is -2.51. The third-order valence-electron chi connectivity index (χ3n) is 4.69. The zero-order valence-electron chi connectivity index (χ0n) is 14.5. The molecule has 1 aliphatic rings. The predicted molar refractivity (Wildman–Crippen MR) is 101 cm³/mol. The number of urea groups is 1. The summed E-state index contributed by atoms with van der Waals surface area (Å²) in [6.07, 6.45) is 3.91. The van der Waals surface area contributed by atoms with Gasteiger partial charge in [-0.15, -0.1) is 0 Å². The van der Waals surface area contributed by atoms with Crippen LogP contribution >= 0.6 is 0 Å². The van der Waals surface area contributed by atoms with E-state index in [1.165, 1.54) is 4.90 Å². The number of hydrogen-bond donors (Lipinski definition) is 2. The second-order valence-electron chi connectivity index (χ2n) is 6.18. The lowest BCUT2D eigenvalue weighted by atomic mass is 9.74. The van der Waals surface area contributed by atoms with E-state index < -0.39 is 12.1 Å². The van der Waals surface area contributed by atoms with Gasteiger partial charge >= 0.3 is 6.03 Å². The first-order chi connectivity index (χ1) is 12.7. The molecule has 132 valence electrons. The number of allylic oxidation sites excluding steroid dienone is 1. The average Bonchev–Trinajstić information content (AvgIpc) is 2.64. The minimum Gasteiger partial charge on any atom is -0.394 e. The van der Waals surface area contributed by atoms with Crippen molar-refractivity contribution in [1.29, 1.82) is 5.26 Å². The highest BCUT2D eigenvalue weighted by molar-refractivity contribution is 5.91. The fourth-order valence-corrected chi connectivity index (χ4v) is 3.51. The summed E-state index contributed by atoms with van der Waals surface area (Å²) >= 11 is 0. The van der Waals surface area contributed by atoms with E-state index >= 15 is 0 Å². The third-order valence-corrected chi connectivity index (χ3v) is 4.69. The molecular weight excluding hydrogens is 326 g/mol. The van der Waals surface area contributed by atoms with Crippen LogP contribution in [0.1, 0.15) is 24.0 Å². The van der Waals surface area contributed by atoms with Crippen molar-refractivity contribution in [3.8, 4) is 6.07 Å². The molecule has 1 aliphatic heterocycles. The molecule has 0 unspecified atom stereocenters. The summed E-state index contributed by atoms with van der Waals surface area (Å²) in [7, 11) is 0. The van der Waals surface area contributed by atoms with Crippen LogP contribution in [0.25, 0.3) is 6.08 Å². The maximum atomic E-state index is 12.7. The molecule has 0 radical (unpaired) electrons. The molecule has 3 rings (SSSR count). The maximum absolute atomic E-state index is 12.7. The molecule has 3 atom stereocenters. The number of anilines is 1. The second kappa shape index (κ2) is 7.85. The van der Waals surface area contributed by atoms with Crippen molar-refractivity contribution in [3.05, 3.63) is 71.8 Å². The first-order valence-corrected chi connectivity index (χ1v) is 8.57. The minimum absolute atomic E-state index is 0.199. The molecule has 5 nitrogen and oxygen atoms in total. The number of hydrogen-bond acceptors (Lipinski definition) is 3. The van der Waals surface area contributed by atoms with Gasteiger partial charge in [-0.3, -0.25) is 0 Å². The average molecular weight is 347 g/mol. The highest BCUT2D eigenvalue weighted by atomic mass is 16.3. The van der Waals surface area contributed by atoms with E-state index in [1.54, 1.807) is 12.1 Å². The molecule has 1 heterocycles. The fourth-order valence-electron chi connectivity index (χ4n) is 3.51. The Bertz CT molecular complexity index is 842. The van der Waals surface area contributed by atoms with E-state index in [0.717, 1.165) is 11.1 Å². The molecule has 5 heteroatoms. The van der Waals surface area contributed by atoms with Gasteiger partial charge < -0.3 is 15.3 Å². The van der Waals surface area contributed by atoms with E-state index in [4.69, 9.17) is 0 Å². The molecule has 26 heavy (non-hydrogen) atoms. The Hall–Kier alpha value is -3.10. The van der Waals surface area contributed by atoms with Crippen molar-refractivity contribution in [1.82, 2.24) is 4.90 Å². The number of carbonyl (C=O) groups is 1. The second-order valence-corrected chi connectivity index (χ2v) is 6.18. The first-order valence-electron chi connectivity index (χ1n) is 8.57. The monoisotopic (exact) mass is 347 g/mol. The third kappa shape index (κ3) is 3.19. The topological polar surface area (TPSA) is 76.4 Å². The van der Waals surface area contributed by atoms with Crippen molar-refractivity contribution in [2.45, 2.75) is 24.9 Å². The molecule has 1 saturated heterocycles. The summed E-state index contributed by atoms with van der Waals surface area (Å²) in [5.74, 6) is -0.223. The lowest BCUT2D eigenvalue weighted by molar-refractivity contribution is 0.0223. The van der Waals surface area contributed by atoms with E-state index in [-0.39, 0.29) is 18.6 Å². The van der Waals surface area contributed by atoms with Gasteiger partial charge in [0.15, 0.2) is 0 Å². The van der Waals surface area contributed by atoms with Gasteiger partial charge in [0.25, 0.3) is 0 Å². The molecule has 2 aromatic rings. The summed E-state index contributed by atoms with van der Waals surface area (Å²) in [6.45, 7) is 1.73. The van der Waals surface area contributed by atoms with Gasteiger partial charge in [-0.1, -0.05) is 54.6 Å². The van der Waals surface area contributed by atoms with E-state index in [1.807, 2.05) is 61.5 Å². The van der Waals surface area contributed by atoms with Crippen LogP contribution < -0.4 is 5.32 Å². The number of benzene rings is 2. The molecule has 0 spiro atoms.